The van der Waals surface area contributed by atoms with E-state index in [2.05, 4.69) is 0 Å². The molecule has 0 aliphatic carbocycles. The monoisotopic (exact) mass is 132 g/mol. The third-order valence-corrected chi connectivity index (χ3v) is 3.95. The topological polar surface area (TPSA) is 34.1 Å². The van der Waals surface area contributed by atoms with Crippen LogP contribution in [0.2, 0.25) is 0 Å². The summed E-state index contributed by atoms with van der Waals surface area (Å²) in [5.74, 6) is 0. The third-order valence-electron chi connectivity index (χ3n) is 1.50. The van der Waals surface area contributed by atoms with Crippen LogP contribution in [0.5, 0.6) is 0 Å². The number of rotatable bonds is 0. The highest BCUT2D eigenvalue weighted by Gasteiger charge is 2.30. The van der Waals surface area contributed by atoms with Gasteiger partial charge in [-0.25, -0.2) is 0 Å². The Hall–Kier alpha value is -0.100. The molecule has 0 aromatic carbocycles. The van der Waals surface area contributed by atoms with E-state index in [-0.39, 0.29) is 5.52 Å². The van der Waals surface area contributed by atoms with Gasteiger partial charge in [0.25, 0.3) is 0 Å². The van der Waals surface area contributed by atoms with Gasteiger partial charge in [0.15, 0.2) is 5.52 Å². The zero-order chi connectivity index (χ0) is 6.20. The molecule has 1 aliphatic heterocycles. The van der Waals surface area contributed by atoms with Crippen molar-refractivity contribution < 1.29 is 9.36 Å². The number of carbonyl (C=O) groups excluding carboxylic acids is 1. The van der Waals surface area contributed by atoms with Gasteiger partial charge in [0.1, 0.15) is 7.14 Å². The second-order valence-corrected chi connectivity index (χ2v) is 5.47. The van der Waals surface area contributed by atoms with E-state index in [1.165, 1.54) is 0 Å². The van der Waals surface area contributed by atoms with E-state index in [4.69, 9.17) is 0 Å². The van der Waals surface area contributed by atoms with Crippen LogP contribution in [0.25, 0.3) is 0 Å². The van der Waals surface area contributed by atoms with Crippen LogP contribution in [0.3, 0.4) is 0 Å². The lowest BCUT2D eigenvalue weighted by Gasteiger charge is -1.95. The van der Waals surface area contributed by atoms with Gasteiger partial charge in [0.05, 0.1) is 0 Å². The molecule has 8 heavy (non-hydrogen) atoms. The lowest BCUT2D eigenvalue weighted by Crippen LogP contribution is -1.87. The second kappa shape index (κ2) is 1.70. The Bertz CT molecular complexity index is 162. The van der Waals surface area contributed by atoms with Gasteiger partial charge >= 0.3 is 0 Å². The van der Waals surface area contributed by atoms with Gasteiger partial charge in [0.2, 0.25) is 0 Å². The first kappa shape index (κ1) is 6.03. The smallest absolute Gasteiger partial charge is 0.191 e. The van der Waals surface area contributed by atoms with Crippen molar-refractivity contribution in [3.8, 4) is 0 Å². The Labute approximate surface area is 48.6 Å². The molecule has 1 atom stereocenters. The summed E-state index contributed by atoms with van der Waals surface area (Å²) in [4.78, 5) is 10.6. The molecular formula is C5H9O2P. The zero-order valence-corrected chi connectivity index (χ0v) is 5.78. The summed E-state index contributed by atoms with van der Waals surface area (Å²) in [6.45, 7) is 1.59. The maximum Gasteiger partial charge on any atom is 0.191 e. The van der Waals surface area contributed by atoms with Gasteiger partial charge in [-0.15, -0.1) is 0 Å². The Morgan fingerprint density at radius 3 is 2.38 bits per heavy atom. The summed E-state index contributed by atoms with van der Waals surface area (Å²) >= 11 is 0. The Kier molecular flexibility index (Phi) is 1.28. The molecule has 1 rings (SSSR count). The van der Waals surface area contributed by atoms with E-state index in [1.54, 1.807) is 6.66 Å². The van der Waals surface area contributed by atoms with Gasteiger partial charge in [-0.3, -0.25) is 4.79 Å². The van der Waals surface area contributed by atoms with Crippen LogP contribution >= 0.6 is 7.14 Å². The van der Waals surface area contributed by atoms with Crippen molar-refractivity contribution in [3.05, 3.63) is 0 Å². The highest BCUT2D eigenvalue weighted by Crippen LogP contribution is 2.49. The van der Waals surface area contributed by atoms with Crippen molar-refractivity contribution in [1.82, 2.24) is 0 Å². The predicted octanol–water partition coefficient (Wildman–Crippen LogP) is 1.30. The molecule has 0 aromatic heterocycles. The van der Waals surface area contributed by atoms with Gasteiger partial charge in [-0.05, 0) is 13.1 Å². The molecule has 1 fully saturated rings. The molecule has 2 nitrogen and oxygen atoms in total. The van der Waals surface area contributed by atoms with Crippen LogP contribution in [-0.4, -0.2) is 18.4 Å². The average Bonchev–Trinajstić information content (AvgIpc) is 1.86. The molecule has 1 unspecified atom stereocenters. The first-order valence-electron chi connectivity index (χ1n) is 2.73. The molecule has 0 aromatic rings. The minimum Gasteiger partial charge on any atom is -0.316 e. The van der Waals surface area contributed by atoms with Gasteiger partial charge in [-0.1, -0.05) is 0 Å². The van der Waals surface area contributed by atoms with Crippen LogP contribution in [0, 0.1) is 0 Å². The lowest BCUT2D eigenvalue weighted by atomic mass is 10.4. The summed E-state index contributed by atoms with van der Waals surface area (Å²) in [5.41, 5.74) is -0.00231. The molecule has 3 heteroatoms. The van der Waals surface area contributed by atoms with E-state index < -0.39 is 7.14 Å². The Morgan fingerprint density at radius 1 is 1.62 bits per heavy atom. The molecular weight excluding hydrogens is 123 g/mol. The first-order chi connectivity index (χ1) is 3.63. The summed E-state index contributed by atoms with van der Waals surface area (Å²) in [5, 5.41) is 0. The normalized spacial score (nSPS) is 38.4. The van der Waals surface area contributed by atoms with E-state index in [0.717, 1.165) is 6.42 Å². The Morgan fingerprint density at radius 2 is 2.25 bits per heavy atom. The van der Waals surface area contributed by atoms with Crippen molar-refractivity contribution in [2.24, 2.45) is 0 Å². The van der Waals surface area contributed by atoms with Gasteiger partial charge < -0.3 is 4.57 Å². The molecule has 46 valence electrons. The summed E-state index contributed by atoms with van der Waals surface area (Å²) in [6, 6.07) is 0. The molecule has 1 aliphatic rings. The predicted molar refractivity (Wildman–Crippen MR) is 32.6 cm³/mol. The largest absolute Gasteiger partial charge is 0.316 e. The maximum atomic E-state index is 11.0. The number of hydrogen-bond acceptors (Lipinski definition) is 2. The standard InChI is InChI=1S/C5H9O2P/c1-8(7)4-2-3-5(8)6/h2-4H2,1H3. The first-order valence-corrected chi connectivity index (χ1v) is 5.07. The number of hydrogen-bond donors (Lipinski definition) is 0. The zero-order valence-electron chi connectivity index (χ0n) is 4.89. The minimum atomic E-state index is -2.27. The summed E-state index contributed by atoms with van der Waals surface area (Å²) in [6.07, 6.45) is 2.03. The van der Waals surface area contributed by atoms with Crippen LogP contribution in [0.1, 0.15) is 12.8 Å². The molecule has 0 bridgehead atoms. The third kappa shape index (κ3) is 0.851. The maximum absolute atomic E-state index is 11.0. The van der Waals surface area contributed by atoms with Gasteiger partial charge in [-0.2, -0.15) is 0 Å². The van der Waals surface area contributed by atoms with E-state index in [9.17, 15) is 9.36 Å². The second-order valence-electron chi connectivity index (χ2n) is 2.32. The fourth-order valence-electron chi connectivity index (χ4n) is 0.893. The molecule has 0 amide bonds. The van der Waals surface area contributed by atoms with Crippen LogP contribution < -0.4 is 0 Å². The lowest BCUT2D eigenvalue weighted by molar-refractivity contribution is -0.111. The quantitative estimate of drug-likeness (QED) is 0.465. The van der Waals surface area contributed by atoms with Crippen LogP contribution in [0.4, 0.5) is 0 Å². The highest BCUT2D eigenvalue weighted by atomic mass is 31.2. The SMILES string of the molecule is CP1(=O)CCCC1=O. The van der Waals surface area contributed by atoms with Crippen molar-refractivity contribution in [2.45, 2.75) is 12.8 Å². The Balaban J connectivity index is 2.84. The van der Waals surface area contributed by atoms with Crippen LogP contribution in [0.15, 0.2) is 0 Å². The molecule has 0 N–H and O–H groups in total. The van der Waals surface area contributed by atoms with E-state index in [0.29, 0.717) is 12.6 Å². The highest BCUT2D eigenvalue weighted by molar-refractivity contribution is 7.80. The molecule has 0 saturated carbocycles. The van der Waals surface area contributed by atoms with Crippen molar-refractivity contribution >= 4 is 12.7 Å². The molecule has 0 radical (unpaired) electrons. The van der Waals surface area contributed by atoms with Gasteiger partial charge in [0, 0.05) is 12.6 Å². The molecule has 0 spiro atoms. The van der Waals surface area contributed by atoms with Crippen LogP contribution in [-0.2, 0) is 9.36 Å². The molecule has 1 heterocycles. The fourth-order valence-corrected chi connectivity index (χ4v) is 2.54. The minimum absolute atomic E-state index is 0.00231. The van der Waals surface area contributed by atoms with Crippen molar-refractivity contribution in [1.29, 1.82) is 0 Å². The summed E-state index contributed by atoms with van der Waals surface area (Å²) < 4.78 is 11.0. The van der Waals surface area contributed by atoms with E-state index in [1.807, 2.05) is 0 Å². The molecule has 1 saturated heterocycles. The van der Waals surface area contributed by atoms with E-state index >= 15 is 0 Å². The number of carbonyl (C=O) groups is 1. The summed E-state index contributed by atoms with van der Waals surface area (Å²) in [7, 11) is -2.27. The average molecular weight is 132 g/mol. The fraction of sp³-hybridized carbons (Fsp3) is 0.800. The van der Waals surface area contributed by atoms with Crippen molar-refractivity contribution in [3.63, 3.8) is 0 Å². The van der Waals surface area contributed by atoms with Crippen molar-refractivity contribution in [2.75, 3.05) is 12.8 Å².